The molecule has 3 rings (SSSR count). The van der Waals surface area contributed by atoms with Crippen molar-refractivity contribution in [3.05, 3.63) is 65.2 Å². The molecule has 1 amide bonds. The van der Waals surface area contributed by atoms with Crippen LogP contribution in [-0.2, 0) is 11.2 Å². The van der Waals surface area contributed by atoms with E-state index in [0.717, 1.165) is 23.3 Å². The number of fused-ring (bicyclic) bond motifs is 1. The molecule has 124 valence electrons. The summed E-state index contributed by atoms with van der Waals surface area (Å²) in [4.78, 5) is 23.0. The molecule has 5 nitrogen and oxygen atoms in total. The molecule has 0 aromatic heterocycles. The van der Waals surface area contributed by atoms with Gasteiger partial charge in [0.15, 0.2) is 0 Å². The van der Waals surface area contributed by atoms with Gasteiger partial charge in [-0.1, -0.05) is 30.3 Å². The van der Waals surface area contributed by atoms with Crippen LogP contribution in [0.3, 0.4) is 0 Å². The number of hydrogen-bond donors (Lipinski definition) is 2. The van der Waals surface area contributed by atoms with Crippen LogP contribution in [0.25, 0.3) is 0 Å². The molecule has 0 radical (unpaired) electrons. The van der Waals surface area contributed by atoms with Crippen molar-refractivity contribution < 1.29 is 19.4 Å². The second-order valence-electron chi connectivity index (χ2n) is 5.80. The zero-order chi connectivity index (χ0) is 16.9. The van der Waals surface area contributed by atoms with Crippen molar-refractivity contribution in [2.75, 3.05) is 6.61 Å². The van der Waals surface area contributed by atoms with E-state index in [1.165, 1.54) is 0 Å². The number of carbonyl (C=O) groups excluding carboxylic acids is 1. The second kappa shape index (κ2) is 7.17. The number of benzene rings is 2. The van der Waals surface area contributed by atoms with Gasteiger partial charge >= 0.3 is 5.97 Å². The number of para-hydroxylation sites is 1. The van der Waals surface area contributed by atoms with Crippen molar-refractivity contribution in [3.63, 3.8) is 0 Å². The quantitative estimate of drug-likeness (QED) is 0.886. The maximum atomic E-state index is 12.2. The van der Waals surface area contributed by atoms with Crippen molar-refractivity contribution in [1.29, 1.82) is 0 Å². The average Bonchev–Trinajstić information content (AvgIpc) is 2.61. The first-order valence-corrected chi connectivity index (χ1v) is 7.97. The summed E-state index contributed by atoms with van der Waals surface area (Å²) in [5.41, 5.74) is 2.22. The number of aromatic carboxylic acids is 1. The number of ether oxygens (including phenoxy) is 1. The fourth-order valence-electron chi connectivity index (χ4n) is 2.83. The minimum Gasteiger partial charge on any atom is -0.493 e. The van der Waals surface area contributed by atoms with Crippen molar-refractivity contribution in [1.82, 2.24) is 5.32 Å². The van der Waals surface area contributed by atoms with Crippen molar-refractivity contribution in [2.45, 2.75) is 25.3 Å². The van der Waals surface area contributed by atoms with Crippen molar-refractivity contribution >= 4 is 11.9 Å². The Morgan fingerprint density at radius 1 is 1.12 bits per heavy atom. The van der Waals surface area contributed by atoms with E-state index < -0.39 is 5.97 Å². The summed E-state index contributed by atoms with van der Waals surface area (Å²) < 4.78 is 5.60. The molecule has 2 aromatic carbocycles. The first-order valence-electron chi connectivity index (χ1n) is 7.97. The van der Waals surface area contributed by atoms with Gasteiger partial charge in [-0.05, 0) is 30.2 Å². The van der Waals surface area contributed by atoms with E-state index in [-0.39, 0.29) is 17.5 Å². The lowest BCUT2D eigenvalue weighted by atomic mass is 10.00. The van der Waals surface area contributed by atoms with Crippen LogP contribution in [0.1, 0.15) is 40.4 Å². The van der Waals surface area contributed by atoms with E-state index in [9.17, 15) is 9.59 Å². The number of rotatable bonds is 5. The van der Waals surface area contributed by atoms with E-state index in [1.807, 2.05) is 24.3 Å². The summed E-state index contributed by atoms with van der Waals surface area (Å²) in [5.74, 6) is -0.130. The standard InChI is InChI=1S/C19H19NO4/c21-18(10-7-13-5-8-14(9-6-13)19(22)23)20-16-11-12-24-17-4-2-1-3-15(16)17/h1-6,8-9,16H,7,10-12H2,(H,20,21)(H,22,23). The Morgan fingerprint density at radius 2 is 1.88 bits per heavy atom. The topological polar surface area (TPSA) is 75.6 Å². The van der Waals surface area contributed by atoms with Crippen LogP contribution < -0.4 is 10.1 Å². The van der Waals surface area contributed by atoms with Crippen LogP contribution in [0.15, 0.2) is 48.5 Å². The van der Waals surface area contributed by atoms with Gasteiger partial charge in [-0.3, -0.25) is 4.79 Å². The van der Waals surface area contributed by atoms with Gasteiger partial charge in [0.05, 0.1) is 18.2 Å². The molecule has 1 heterocycles. The average molecular weight is 325 g/mol. The van der Waals surface area contributed by atoms with Gasteiger partial charge in [0.1, 0.15) is 5.75 Å². The number of carboxylic acids is 1. The van der Waals surface area contributed by atoms with Gasteiger partial charge < -0.3 is 15.2 Å². The fraction of sp³-hybridized carbons (Fsp3) is 0.263. The summed E-state index contributed by atoms with van der Waals surface area (Å²) in [7, 11) is 0. The molecule has 1 aliphatic heterocycles. The number of carbonyl (C=O) groups is 2. The lowest BCUT2D eigenvalue weighted by Gasteiger charge is -2.26. The van der Waals surface area contributed by atoms with Crippen LogP contribution in [0.2, 0.25) is 0 Å². The van der Waals surface area contributed by atoms with E-state index in [0.29, 0.717) is 19.4 Å². The van der Waals surface area contributed by atoms with Gasteiger partial charge in [0, 0.05) is 18.4 Å². The Balaban J connectivity index is 1.56. The molecule has 2 N–H and O–H groups in total. The van der Waals surface area contributed by atoms with E-state index in [4.69, 9.17) is 9.84 Å². The highest BCUT2D eigenvalue weighted by Crippen LogP contribution is 2.31. The molecule has 1 aliphatic rings. The van der Waals surface area contributed by atoms with Crippen LogP contribution in [0.5, 0.6) is 5.75 Å². The minimum atomic E-state index is -0.947. The number of carboxylic acid groups (broad SMARTS) is 1. The van der Waals surface area contributed by atoms with Crippen LogP contribution in [-0.4, -0.2) is 23.6 Å². The Morgan fingerprint density at radius 3 is 2.62 bits per heavy atom. The summed E-state index contributed by atoms with van der Waals surface area (Å²) in [6.45, 7) is 0.596. The highest BCUT2D eigenvalue weighted by atomic mass is 16.5. The Bertz CT molecular complexity index is 739. The summed E-state index contributed by atoms with van der Waals surface area (Å²) >= 11 is 0. The van der Waals surface area contributed by atoms with E-state index in [2.05, 4.69) is 5.32 Å². The molecule has 0 fully saturated rings. The zero-order valence-electron chi connectivity index (χ0n) is 13.2. The van der Waals surface area contributed by atoms with Crippen LogP contribution in [0.4, 0.5) is 0 Å². The van der Waals surface area contributed by atoms with Gasteiger partial charge in [-0.2, -0.15) is 0 Å². The largest absolute Gasteiger partial charge is 0.493 e. The molecule has 0 aliphatic carbocycles. The zero-order valence-corrected chi connectivity index (χ0v) is 13.2. The normalized spacial score (nSPS) is 15.9. The van der Waals surface area contributed by atoms with E-state index in [1.54, 1.807) is 24.3 Å². The highest BCUT2D eigenvalue weighted by molar-refractivity contribution is 5.87. The molecule has 2 aromatic rings. The molecule has 0 bridgehead atoms. The van der Waals surface area contributed by atoms with Crippen LogP contribution in [0, 0.1) is 0 Å². The Kier molecular flexibility index (Phi) is 4.79. The minimum absolute atomic E-state index is 0.0148. The maximum Gasteiger partial charge on any atom is 0.335 e. The molecule has 5 heteroatoms. The molecule has 0 spiro atoms. The molecule has 0 saturated heterocycles. The first kappa shape index (κ1) is 16.1. The highest BCUT2D eigenvalue weighted by Gasteiger charge is 2.22. The number of nitrogens with one attached hydrogen (secondary N) is 1. The Labute approximate surface area is 140 Å². The summed E-state index contributed by atoms with van der Waals surface area (Å²) in [6, 6.07) is 14.4. The van der Waals surface area contributed by atoms with Crippen molar-refractivity contribution in [3.8, 4) is 5.75 Å². The third-order valence-corrected chi connectivity index (χ3v) is 4.14. The second-order valence-corrected chi connectivity index (χ2v) is 5.80. The lowest BCUT2D eigenvalue weighted by molar-refractivity contribution is -0.122. The molecular weight excluding hydrogens is 306 g/mol. The molecule has 0 saturated carbocycles. The fourth-order valence-corrected chi connectivity index (χ4v) is 2.83. The third-order valence-electron chi connectivity index (χ3n) is 4.14. The number of amides is 1. The number of aryl methyl sites for hydroxylation is 1. The van der Waals surface area contributed by atoms with Gasteiger partial charge in [0.2, 0.25) is 5.91 Å². The molecular formula is C19H19NO4. The third kappa shape index (κ3) is 3.74. The Hall–Kier alpha value is -2.82. The van der Waals surface area contributed by atoms with E-state index >= 15 is 0 Å². The SMILES string of the molecule is O=C(CCc1ccc(C(=O)O)cc1)NC1CCOc2ccccc21. The van der Waals surface area contributed by atoms with Crippen LogP contribution >= 0.6 is 0 Å². The molecule has 24 heavy (non-hydrogen) atoms. The predicted molar refractivity (Wildman–Crippen MR) is 89.2 cm³/mol. The van der Waals surface area contributed by atoms with Gasteiger partial charge in [0.25, 0.3) is 0 Å². The monoisotopic (exact) mass is 325 g/mol. The molecule has 1 unspecified atom stereocenters. The lowest BCUT2D eigenvalue weighted by Crippen LogP contribution is -2.32. The summed E-state index contributed by atoms with van der Waals surface area (Å²) in [5, 5.41) is 11.9. The number of hydrogen-bond acceptors (Lipinski definition) is 3. The van der Waals surface area contributed by atoms with Gasteiger partial charge in [-0.25, -0.2) is 4.79 Å². The first-order chi connectivity index (χ1) is 11.6. The maximum absolute atomic E-state index is 12.2. The van der Waals surface area contributed by atoms with Crippen molar-refractivity contribution in [2.24, 2.45) is 0 Å². The van der Waals surface area contributed by atoms with Gasteiger partial charge in [-0.15, -0.1) is 0 Å². The molecule has 1 atom stereocenters. The summed E-state index contributed by atoms with van der Waals surface area (Å²) in [6.07, 6.45) is 1.71. The predicted octanol–water partition coefficient (Wildman–Crippen LogP) is 2.96. The smallest absolute Gasteiger partial charge is 0.335 e.